The summed E-state index contributed by atoms with van der Waals surface area (Å²) >= 11 is 0. The van der Waals surface area contributed by atoms with Gasteiger partial charge in [0, 0.05) is 24.4 Å². The van der Waals surface area contributed by atoms with Crippen molar-refractivity contribution in [2.45, 2.75) is 30.5 Å². The number of hydrogen-bond donors (Lipinski definition) is 2. The fraction of sp³-hybridized carbons (Fsp3) is 0.154. The fourth-order valence-electron chi connectivity index (χ4n) is 8.51. The van der Waals surface area contributed by atoms with E-state index in [0.29, 0.717) is 28.5 Å². The first kappa shape index (κ1) is 41.2. The lowest BCUT2D eigenvalue weighted by Crippen LogP contribution is -2.38. The standard InChI is InChI=1S/C52H44N8O5/c1-62-39-22-18-37(19-23-39)52(36-10-4-3-5-11-36,38-20-24-40(63-2)25-21-38)64-31-46-45(61)30-47(65-46)60-50(59-48-49(53)56-32-57-51(48)60)34-16-14-33(15-17-34)35-28-43(41-12-6-8-26-54-41)58-44(29-35)42-13-7-9-27-55-42/h3-29,32,45-47,61H,30-31H2,1-2H3,(H2,53,56,57)/t45-,46+,47+/m0/s1. The van der Waals surface area contributed by atoms with E-state index in [9.17, 15) is 5.11 Å². The minimum absolute atomic E-state index is 0.0330. The third-order valence-electron chi connectivity index (χ3n) is 11.8. The Morgan fingerprint density at radius 3 is 1.77 bits per heavy atom. The van der Waals surface area contributed by atoms with Gasteiger partial charge in [0.15, 0.2) is 17.0 Å². The van der Waals surface area contributed by atoms with Gasteiger partial charge in [0.2, 0.25) is 0 Å². The number of imidazole rings is 1. The first-order valence-corrected chi connectivity index (χ1v) is 21.2. The second-order valence-electron chi connectivity index (χ2n) is 15.6. The first-order chi connectivity index (χ1) is 31.9. The summed E-state index contributed by atoms with van der Waals surface area (Å²) in [6.45, 7) is 0.0330. The van der Waals surface area contributed by atoms with Crippen LogP contribution in [0.5, 0.6) is 11.5 Å². The van der Waals surface area contributed by atoms with Crippen LogP contribution in [-0.4, -0.2) is 72.6 Å². The highest BCUT2D eigenvalue weighted by molar-refractivity contribution is 5.86. The summed E-state index contributed by atoms with van der Waals surface area (Å²) in [7, 11) is 3.28. The number of aliphatic hydroxyl groups excluding tert-OH is 1. The average Bonchev–Trinajstić information content (AvgIpc) is 3.95. The molecule has 1 fully saturated rings. The van der Waals surface area contributed by atoms with Crippen molar-refractivity contribution in [3.05, 3.63) is 187 Å². The SMILES string of the molecule is COc1ccc(C(OC[C@H]2O[C@@H](n3c(-c4ccc(-c5cc(-c6ccccn6)nc(-c6ccccn6)c5)cc4)nc4c(N)ncnc43)C[C@@H]2O)(c2ccccc2)c2ccc(OC)cc2)cc1. The molecule has 1 aliphatic heterocycles. The number of nitrogens with two attached hydrogens (primary N) is 1. The molecule has 13 heteroatoms. The summed E-state index contributed by atoms with van der Waals surface area (Å²) in [6.07, 6.45) is 2.85. The van der Waals surface area contributed by atoms with Crippen molar-refractivity contribution in [1.29, 1.82) is 0 Å². The van der Waals surface area contributed by atoms with Gasteiger partial charge in [-0.25, -0.2) is 19.9 Å². The Bertz CT molecular complexity index is 2940. The number of anilines is 1. The van der Waals surface area contributed by atoms with E-state index in [0.717, 1.165) is 56.2 Å². The Labute approximate surface area is 375 Å². The molecule has 0 amide bonds. The van der Waals surface area contributed by atoms with Crippen LogP contribution in [0.15, 0.2) is 170 Å². The van der Waals surface area contributed by atoms with Crippen LogP contribution >= 0.6 is 0 Å². The quantitative estimate of drug-likeness (QED) is 0.106. The van der Waals surface area contributed by atoms with Crippen molar-refractivity contribution in [2.24, 2.45) is 0 Å². The van der Waals surface area contributed by atoms with Crippen LogP contribution in [0.4, 0.5) is 5.82 Å². The van der Waals surface area contributed by atoms with Gasteiger partial charge in [0.1, 0.15) is 41.6 Å². The lowest BCUT2D eigenvalue weighted by atomic mass is 9.80. The summed E-state index contributed by atoms with van der Waals surface area (Å²) in [5.74, 6) is 2.22. The van der Waals surface area contributed by atoms with Crippen LogP contribution in [0, 0.1) is 0 Å². The van der Waals surface area contributed by atoms with Crippen LogP contribution in [0.25, 0.3) is 56.5 Å². The molecule has 0 unspecified atom stereocenters. The summed E-state index contributed by atoms with van der Waals surface area (Å²) in [4.78, 5) is 28.0. The van der Waals surface area contributed by atoms with E-state index < -0.39 is 24.0 Å². The zero-order chi connectivity index (χ0) is 44.3. The molecule has 1 saturated heterocycles. The normalized spacial score (nSPS) is 16.1. The van der Waals surface area contributed by atoms with Crippen LogP contribution in [0.2, 0.25) is 0 Å². The highest BCUT2D eigenvalue weighted by Crippen LogP contribution is 2.44. The maximum atomic E-state index is 11.8. The number of nitrogens with zero attached hydrogens (tertiary/aromatic N) is 7. The molecular weight excluding hydrogens is 817 g/mol. The Morgan fingerprint density at radius 2 is 1.20 bits per heavy atom. The molecule has 0 radical (unpaired) electrons. The first-order valence-electron chi connectivity index (χ1n) is 21.2. The maximum Gasteiger partial charge on any atom is 0.168 e. The van der Waals surface area contributed by atoms with Crippen LogP contribution in [0.3, 0.4) is 0 Å². The molecule has 9 aromatic rings. The molecule has 3 N–H and O–H groups in total. The van der Waals surface area contributed by atoms with Gasteiger partial charge in [-0.15, -0.1) is 0 Å². The molecular formula is C52H44N8O5. The largest absolute Gasteiger partial charge is 0.497 e. The van der Waals surface area contributed by atoms with Crippen molar-refractivity contribution in [2.75, 3.05) is 26.6 Å². The molecule has 0 saturated carbocycles. The maximum absolute atomic E-state index is 11.8. The second kappa shape index (κ2) is 17.7. The number of pyridine rings is 3. The Balaban J connectivity index is 0.992. The van der Waals surface area contributed by atoms with Gasteiger partial charge < -0.3 is 29.8 Å². The molecule has 6 heterocycles. The topological polar surface area (TPSA) is 165 Å². The summed E-state index contributed by atoms with van der Waals surface area (Å²) < 4.78 is 26.9. The number of benzene rings is 4. The van der Waals surface area contributed by atoms with Gasteiger partial charge in [-0.05, 0) is 88.5 Å². The summed E-state index contributed by atoms with van der Waals surface area (Å²) in [5, 5.41) is 11.8. The molecule has 1 aliphatic rings. The Hall–Kier alpha value is -7.84. The third kappa shape index (κ3) is 7.93. The van der Waals surface area contributed by atoms with Gasteiger partial charge >= 0.3 is 0 Å². The van der Waals surface area contributed by atoms with E-state index in [1.165, 1.54) is 6.33 Å². The predicted molar refractivity (Wildman–Crippen MR) is 248 cm³/mol. The average molecular weight is 861 g/mol. The smallest absolute Gasteiger partial charge is 0.168 e. The van der Waals surface area contributed by atoms with E-state index in [-0.39, 0.29) is 18.8 Å². The van der Waals surface area contributed by atoms with Crippen molar-refractivity contribution >= 4 is 17.0 Å². The minimum Gasteiger partial charge on any atom is -0.497 e. The molecule has 10 rings (SSSR count). The zero-order valence-corrected chi connectivity index (χ0v) is 35.6. The lowest BCUT2D eigenvalue weighted by molar-refractivity contribution is -0.0928. The molecule has 13 nitrogen and oxygen atoms in total. The highest BCUT2D eigenvalue weighted by Gasteiger charge is 2.43. The van der Waals surface area contributed by atoms with Crippen LogP contribution in [-0.2, 0) is 15.1 Å². The molecule has 65 heavy (non-hydrogen) atoms. The monoisotopic (exact) mass is 860 g/mol. The van der Waals surface area contributed by atoms with E-state index in [1.807, 2.05) is 156 Å². The van der Waals surface area contributed by atoms with E-state index in [2.05, 4.69) is 19.9 Å². The van der Waals surface area contributed by atoms with Crippen LogP contribution in [0.1, 0.15) is 29.3 Å². The number of hydrogen-bond acceptors (Lipinski definition) is 12. The molecule has 0 spiro atoms. The number of aromatic nitrogens is 7. The molecule has 4 aromatic carbocycles. The number of nitrogen functional groups attached to an aromatic ring is 1. The Morgan fingerprint density at radius 1 is 0.631 bits per heavy atom. The minimum atomic E-state index is -1.11. The predicted octanol–water partition coefficient (Wildman–Crippen LogP) is 8.94. The van der Waals surface area contributed by atoms with Gasteiger partial charge in [-0.3, -0.25) is 14.5 Å². The third-order valence-corrected chi connectivity index (χ3v) is 11.8. The van der Waals surface area contributed by atoms with Gasteiger partial charge in [0.05, 0.1) is 49.7 Å². The zero-order valence-electron chi connectivity index (χ0n) is 35.6. The van der Waals surface area contributed by atoms with Gasteiger partial charge in [-0.2, -0.15) is 0 Å². The van der Waals surface area contributed by atoms with Gasteiger partial charge in [0.25, 0.3) is 0 Å². The summed E-state index contributed by atoms with van der Waals surface area (Å²) in [5.41, 5.74) is 14.5. The highest BCUT2D eigenvalue weighted by atomic mass is 16.6. The molecule has 5 aromatic heterocycles. The van der Waals surface area contributed by atoms with E-state index in [1.54, 1.807) is 26.6 Å². The number of methoxy groups -OCH3 is 2. The van der Waals surface area contributed by atoms with Crippen LogP contribution < -0.4 is 15.2 Å². The molecule has 3 atom stereocenters. The molecule has 0 aliphatic carbocycles. The molecule has 0 bridgehead atoms. The van der Waals surface area contributed by atoms with Gasteiger partial charge in [-0.1, -0.05) is 91.0 Å². The number of fused-ring (bicyclic) bond motifs is 1. The lowest BCUT2D eigenvalue weighted by Gasteiger charge is -2.37. The van der Waals surface area contributed by atoms with Crippen molar-refractivity contribution < 1.29 is 24.1 Å². The van der Waals surface area contributed by atoms with Crippen molar-refractivity contribution in [3.63, 3.8) is 0 Å². The van der Waals surface area contributed by atoms with E-state index in [4.69, 9.17) is 34.6 Å². The molecule has 322 valence electrons. The summed E-state index contributed by atoms with van der Waals surface area (Å²) in [6, 6.07) is 49.3. The number of ether oxygens (including phenoxy) is 4. The Kier molecular flexibility index (Phi) is 11.2. The number of rotatable bonds is 13. The number of aliphatic hydroxyl groups is 1. The van der Waals surface area contributed by atoms with Crippen molar-refractivity contribution in [1.82, 2.24) is 34.5 Å². The second-order valence-corrected chi connectivity index (χ2v) is 15.6. The fourth-order valence-corrected chi connectivity index (χ4v) is 8.51. The van der Waals surface area contributed by atoms with E-state index >= 15 is 0 Å². The van der Waals surface area contributed by atoms with Crippen molar-refractivity contribution in [3.8, 4) is 56.8 Å².